The van der Waals surface area contributed by atoms with Crippen LogP contribution in [0.15, 0.2) is 85.2 Å². The molecule has 10 nitrogen and oxygen atoms in total. The van der Waals surface area contributed by atoms with Gasteiger partial charge in [0.15, 0.2) is 23.0 Å². The smallest absolute Gasteiger partial charge is 0.545 e. The third-order valence-corrected chi connectivity index (χ3v) is 5.58. The monoisotopic (exact) mass is 605 g/mol. The number of pyridine rings is 2. The van der Waals surface area contributed by atoms with E-state index in [9.17, 15) is 19.8 Å². The predicted octanol–water partition coefficient (Wildman–Crippen LogP) is 2.92. The van der Waals surface area contributed by atoms with Crippen molar-refractivity contribution in [3.05, 3.63) is 96.3 Å². The Bertz CT molecular complexity index is 1510. The third-order valence-electron chi connectivity index (χ3n) is 5.58. The van der Waals surface area contributed by atoms with Gasteiger partial charge in [-0.3, -0.25) is 9.97 Å². The number of carbonyl (C=O) groups is 2. The Morgan fingerprint density at radius 1 is 0.561 bits per heavy atom. The third kappa shape index (κ3) is 8.31. The van der Waals surface area contributed by atoms with Crippen LogP contribution in [-0.2, 0) is 17.1 Å². The number of nitrogens with zero attached hydrogens (tertiary/aromatic N) is 2. The van der Waals surface area contributed by atoms with Crippen LogP contribution >= 0.6 is 0 Å². The van der Waals surface area contributed by atoms with E-state index in [2.05, 4.69) is 34.2 Å². The molecule has 0 saturated heterocycles. The van der Waals surface area contributed by atoms with Gasteiger partial charge in [-0.15, -0.1) is 0 Å². The van der Waals surface area contributed by atoms with Crippen LogP contribution in [0.1, 0.15) is 20.7 Å². The zero-order valence-corrected chi connectivity index (χ0v) is 23.5. The number of benzene rings is 3. The van der Waals surface area contributed by atoms with Crippen molar-refractivity contribution in [1.82, 2.24) is 9.97 Å². The zero-order chi connectivity index (χ0) is 29.1. The molecule has 2 aromatic heterocycles. The first-order valence-electron chi connectivity index (χ1n) is 11.8. The van der Waals surface area contributed by atoms with Gasteiger partial charge in [0.05, 0.1) is 51.4 Å². The molecular formula is C30H26CuN2O8. The molecule has 1 radical (unpaired) electrons. The second kappa shape index (κ2) is 15.7. The summed E-state index contributed by atoms with van der Waals surface area (Å²) in [6, 6.07) is 20.7. The number of aromatic nitrogens is 2. The van der Waals surface area contributed by atoms with Gasteiger partial charge in [-0.25, -0.2) is 0 Å². The molecule has 5 aromatic rings. The molecule has 0 aliphatic heterocycles. The van der Waals surface area contributed by atoms with E-state index in [1.807, 2.05) is 12.1 Å². The molecule has 11 heteroatoms. The number of methoxy groups -OCH3 is 4. The maximum atomic E-state index is 10.5. The maximum Gasteiger partial charge on any atom is 2.00 e. The molecule has 0 fully saturated rings. The van der Waals surface area contributed by atoms with Gasteiger partial charge in [0, 0.05) is 34.3 Å². The van der Waals surface area contributed by atoms with Crippen LogP contribution in [0.4, 0.5) is 0 Å². The van der Waals surface area contributed by atoms with E-state index in [0.717, 1.165) is 21.8 Å². The largest absolute Gasteiger partial charge is 2.00 e. The van der Waals surface area contributed by atoms with Crippen LogP contribution in [0.2, 0.25) is 0 Å². The first-order valence-corrected chi connectivity index (χ1v) is 11.8. The van der Waals surface area contributed by atoms with Crippen LogP contribution in [0.3, 0.4) is 0 Å². The Morgan fingerprint density at radius 2 is 0.927 bits per heavy atom. The fraction of sp³-hybridized carbons (Fsp3) is 0.133. The number of hydrogen-bond donors (Lipinski definition) is 0. The maximum absolute atomic E-state index is 10.5. The van der Waals surface area contributed by atoms with Crippen LogP contribution in [0, 0.1) is 0 Å². The van der Waals surface area contributed by atoms with Gasteiger partial charge in [0.2, 0.25) is 0 Å². The number of carboxylic acid groups (broad SMARTS) is 2. The quantitative estimate of drug-likeness (QED) is 0.209. The van der Waals surface area contributed by atoms with Crippen molar-refractivity contribution in [3.8, 4) is 23.0 Å². The van der Waals surface area contributed by atoms with Crippen LogP contribution in [-0.4, -0.2) is 50.3 Å². The minimum Gasteiger partial charge on any atom is -0.545 e. The summed E-state index contributed by atoms with van der Waals surface area (Å²) >= 11 is 0. The van der Waals surface area contributed by atoms with Gasteiger partial charge < -0.3 is 38.7 Å². The molecule has 0 atom stereocenters. The number of fused-ring (bicyclic) bond motifs is 3. The normalized spacial score (nSPS) is 9.66. The van der Waals surface area contributed by atoms with Crippen molar-refractivity contribution in [2.24, 2.45) is 0 Å². The number of hydrogen-bond acceptors (Lipinski definition) is 10. The van der Waals surface area contributed by atoms with E-state index in [1.165, 1.54) is 64.8 Å². The van der Waals surface area contributed by atoms with E-state index >= 15 is 0 Å². The molecule has 0 spiro atoms. The van der Waals surface area contributed by atoms with Gasteiger partial charge in [-0.2, -0.15) is 0 Å². The van der Waals surface area contributed by atoms with Crippen molar-refractivity contribution in [2.75, 3.05) is 28.4 Å². The van der Waals surface area contributed by atoms with Crippen molar-refractivity contribution in [3.63, 3.8) is 0 Å². The first-order chi connectivity index (χ1) is 19.3. The summed E-state index contributed by atoms with van der Waals surface area (Å²) in [5.41, 5.74) is 2.09. The molecule has 5 rings (SSSR count). The van der Waals surface area contributed by atoms with Crippen LogP contribution in [0.25, 0.3) is 21.8 Å². The molecule has 0 N–H and O–H groups in total. The van der Waals surface area contributed by atoms with E-state index in [1.54, 1.807) is 12.4 Å². The Hall–Kier alpha value is -4.86. The Labute approximate surface area is 247 Å². The fourth-order valence-corrected chi connectivity index (χ4v) is 3.61. The van der Waals surface area contributed by atoms with Crippen LogP contribution < -0.4 is 29.2 Å². The molecule has 0 aliphatic carbocycles. The van der Waals surface area contributed by atoms with Crippen molar-refractivity contribution in [1.29, 1.82) is 0 Å². The summed E-state index contributed by atoms with van der Waals surface area (Å²) in [6.45, 7) is 0. The molecule has 0 aliphatic rings. The average molecular weight is 606 g/mol. The molecule has 3 aromatic carbocycles. The fourth-order valence-electron chi connectivity index (χ4n) is 3.61. The van der Waals surface area contributed by atoms with Crippen molar-refractivity contribution >= 4 is 33.7 Å². The SMILES string of the molecule is COc1ccc(C(=O)[O-])cc1OC.COc1ccc(C(=O)[O-])cc1OC.[Cu+2].c1cnc2c(c1)ccc1cccnc12. The van der Waals surface area contributed by atoms with Crippen LogP contribution in [0.5, 0.6) is 23.0 Å². The van der Waals surface area contributed by atoms with E-state index in [4.69, 9.17) is 18.9 Å². The Morgan fingerprint density at radius 3 is 1.24 bits per heavy atom. The Kier molecular flexibility index (Phi) is 12.4. The molecule has 0 bridgehead atoms. The predicted molar refractivity (Wildman–Crippen MR) is 145 cm³/mol. The minimum atomic E-state index is -1.24. The van der Waals surface area contributed by atoms with Gasteiger partial charge in [0.25, 0.3) is 0 Å². The Balaban J connectivity index is 0.000000213. The number of ether oxygens (including phenoxy) is 4. The van der Waals surface area contributed by atoms with Crippen molar-refractivity contribution in [2.45, 2.75) is 0 Å². The van der Waals surface area contributed by atoms with E-state index in [0.29, 0.717) is 23.0 Å². The minimum absolute atomic E-state index is 0. The van der Waals surface area contributed by atoms with Gasteiger partial charge >= 0.3 is 17.1 Å². The number of aromatic carboxylic acids is 2. The summed E-state index contributed by atoms with van der Waals surface area (Å²) in [5.74, 6) is -0.727. The number of rotatable bonds is 6. The van der Waals surface area contributed by atoms with Gasteiger partial charge in [0.1, 0.15) is 0 Å². The summed E-state index contributed by atoms with van der Waals surface area (Å²) in [7, 11) is 5.85. The molecule has 41 heavy (non-hydrogen) atoms. The van der Waals surface area contributed by atoms with E-state index in [-0.39, 0.29) is 28.2 Å². The second-order valence-electron chi connectivity index (χ2n) is 7.93. The summed E-state index contributed by atoms with van der Waals surface area (Å²) in [4.78, 5) is 29.6. The summed E-state index contributed by atoms with van der Waals surface area (Å²) in [5, 5.41) is 23.2. The molecule has 0 amide bonds. The van der Waals surface area contributed by atoms with Crippen molar-refractivity contribution < 1.29 is 55.8 Å². The van der Waals surface area contributed by atoms with Gasteiger partial charge in [-0.1, -0.05) is 24.3 Å². The average Bonchev–Trinajstić information content (AvgIpc) is 3.00. The number of carboxylic acids is 2. The molecular weight excluding hydrogens is 580 g/mol. The zero-order valence-electron chi connectivity index (χ0n) is 22.5. The number of carbonyl (C=O) groups excluding carboxylic acids is 2. The van der Waals surface area contributed by atoms with Gasteiger partial charge in [-0.05, 0) is 48.5 Å². The topological polar surface area (TPSA) is 143 Å². The molecule has 215 valence electrons. The van der Waals surface area contributed by atoms with E-state index < -0.39 is 11.9 Å². The summed E-state index contributed by atoms with van der Waals surface area (Å²) in [6.07, 6.45) is 3.60. The standard InChI is InChI=1S/C12H8N2.2C9H10O4.Cu/c1-3-9-5-6-10-4-2-8-14-12(10)11(9)13-7-1;2*1-12-7-4-3-6(9(10)11)5-8(7)13-2;/h1-8H;2*3-5H,1-2H3,(H,10,11);/q;;;+2/p-2. The first kappa shape index (κ1) is 32.4. The molecule has 0 unspecified atom stereocenters. The second-order valence-corrected chi connectivity index (χ2v) is 7.93. The summed E-state index contributed by atoms with van der Waals surface area (Å²) < 4.78 is 19.7. The molecule has 0 saturated carbocycles. The molecule has 2 heterocycles.